The topological polar surface area (TPSA) is 60.9 Å². The quantitative estimate of drug-likeness (QED) is 0.869. The maximum Gasteiger partial charge on any atom is 0.253 e. The summed E-state index contributed by atoms with van der Waals surface area (Å²) in [5.41, 5.74) is 0.510. The number of hydrogen-bond acceptors (Lipinski definition) is 3. The minimum Gasteiger partial charge on any atom is -0.506 e. The van der Waals surface area contributed by atoms with Gasteiger partial charge in [-0.05, 0) is 43.9 Å². The first-order valence-corrected chi connectivity index (χ1v) is 9.87. The minimum absolute atomic E-state index is 0.0102. The van der Waals surface area contributed by atoms with Gasteiger partial charge in [0.05, 0.1) is 5.02 Å². The van der Waals surface area contributed by atoms with Crippen molar-refractivity contribution >= 4 is 23.4 Å². The minimum atomic E-state index is -0.0528. The summed E-state index contributed by atoms with van der Waals surface area (Å²) < 4.78 is 0. The SMILES string of the molecule is CCCCN1C[C@@]2(CCCN(C(=O)c3ccc(O)c(Cl)c3)C2)CCC1=O. The number of phenols is 1. The van der Waals surface area contributed by atoms with Gasteiger partial charge in [-0.2, -0.15) is 0 Å². The lowest BCUT2D eigenvalue weighted by molar-refractivity contribution is -0.139. The molecule has 2 aliphatic rings. The van der Waals surface area contributed by atoms with Crippen molar-refractivity contribution in [3.63, 3.8) is 0 Å². The predicted octanol–water partition coefficient (Wildman–Crippen LogP) is 3.69. The van der Waals surface area contributed by atoms with Gasteiger partial charge in [0.15, 0.2) is 0 Å². The van der Waals surface area contributed by atoms with E-state index in [1.54, 1.807) is 6.07 Å². The predicted molar refractivity (Wildman–Crippen MR) is 101 cm³/mol. The van der Waals surface area contributed by atoms with Crippen molar-refractivity contribution in [3.05, 3.63) is 28.8 Å². The fourth-order valence-corrected chi connectivity index (χ4v) is 4.37. The average molecular weight is 379 g/mol. The highest BCUT2D eigenvalue weighted by molar-refractivity contribution is 6.32. The molecule has 2 saturated heterocycles. The van der Waals surface area contributed by atoms with Gasteiger partial charge in [0, 0.05) is 43.6 Å². The van der Waals surface area contributed by atoms with Crippen molar-refractivity contribution in [2.75, 3.05) is 26.2 Å². The van der Waals surface area contributed by atoms with E-state index in [4.69, 9.17) is 11.6 Å². The fourth-order valence-electron chi connectivity index (χ4n) is 4.19. The van der Waals surface area contributed by atoms with E-state index in [1.807, 2.05) is 9.80 Å². The molecule has 0 unspecified atom stereocenters. The van der Waals surface area contributed by atoms with Crippen molar-refractivity contribution in [2.45, 2.75) is 45.4 Å². The van der Waals surface area contributed by atoms with Gasteiger partial charge in [-0.15, -0.1) is 0 Å². The smallest absolute Gasteiger partial charge is 0.253 e. The van der Waals surface area contributed by atoms with Gasteiger partial charge < -0.3 is 14.9 Å². The number of carbonyl (C=O) groups excluding carboxylic acids is 2. The Morgan fingerprint density at radius 3 is 2.85 bits per heavy atom. The van der Waals surface area contributed by atoms with E-state index in [0.29, 0.717) is 18.5 Å². The molecule has 6 heteroatoms. The Bertz CT molecular complexity index is 694. The number of carbonyl (C=O) groups is 2. The van der Waals surface area contributed by atoms with Crippen molar-refractivity contribution in [3.8, 4) is 5.75 Å². The number of likely N-dealkylation sites (tertiary alicyclic amines) is 2. The summed E-state index contributed by atoms with van der Waals surface area (Å²) >= 11 is 5.96. The zero-order valence-electron chi connectivity index (χ0n) is 15.3. The summed E-state index contributed by atoms with van der Waals surface area (Å²) in [6.45, 7) is 5.11. The number of unbranched alkanes of at least 4 members (excludes halogenated alkanes) is 1. The van der Waals surface area contributed by atoms with Gasteiger partial charge >= 0.3 is 0 Å². The maximum atomic E-state index is 12.9. The molecule has 3 rings (SSSR count). The zero-order valence-corrected chi connectivity index (χ0v) is 16.1. The van der Waals surface area contributed by atoms with Crippen LogP contribution in [-0.2, 0) is 4.79 Å². The average Bonchev–Trinajstić information content (AvgIpc) is 2.64. The lowest BCUT2D eigenvalue weighted by Crippen LogP contribution is -2.55. The molecule has 2 amide bonds. The molecule has 0 bridgehead atoms. The van der Waals surface area contributed by atoms with Crippen molar-refractivity contribution in [1.82, 2.24) is 9.80 Å². The third kappa shape index (κ3) is 3.98. The molecular formula is C20H27ClN2O3. The number of piperidine rings is 2. The molecule has 0 aromatic heterocycles. The van der Waals surface area contributed by atoms with Gasteiger partial charge in [-0.25, -0.2) is 0 Å². The van der Waals surface area contributed by atoms with Crippen LogP contribution in [-0.4, -0.2) is 52.9 Å². The van der Waals surface area contributed by atoms with Crippen LogP contribution in [0.15, 0.2) is 18.2 Å². The van der Waals surface area contributed by atoms with Crippen LogP contribution in [0.3, 0.4) is 0 Å². The van der Waals surface area contributed by atoms with Gasteiger partial charge in [0.1, 0.15) is 5.75 Å². The molecule has 0 saturated carbocycles. The van der Waals surface area contributed by atoms with Crippen molar-refractivity contribution < 1.29 is 14.7 Å². The van der Waals surface area contributed by atoms with Crippen LogP contribution < -0.4 is 0 Å². The van der Waals surface area contributed by atoms with E-state index in [2.05, 4.69) is 6.92 Å². The summed E-state index contributed by atoms with van der Waals surface area (Å²) in [5.74, 6) is 0.177. The summed E-state index contributed by atoms with van der Waals surface area (Å²) in [4.78, 5) is 29.0. The van der Waals surface area contributed by atoms with E-state index in [9.17, 15) is 14.7 Å². The van der Waals surface area contributed by atoms with Crippen LogP contribution in [0.4, 0.5) is 0 Å². The largest absolute Gasteiger partial charge is 0.506 e. The van der Waals surface area contributed by atoms with E-state index < -0.39 is 0 Å². The van der Waals surface area contributed by atoms with E-state index in [1.165, 1.54) is 12.1 Å². The van der Waals surface area contributed by atoms with E-state index >= 15 is 0 Å². The number of benzene rings is 1. The van der Waals surface area contributed by atoms with Crippen molar-refractivity contribution in [2.24, 2.45) is 5.41 Å². The molecule has 1 aromatic rings. The fraction of sp³-hybridized carbons (Fsp3) is 0.600. The summed E-state index contributed by atoms with van der Waals surface area (Å²) in [5, 5.41) is 9.76. The highest BCUT2D eigenvalue weighted by Gasteiger charge is 2.42. The number of halogens is 1. The van der Waals surface area contributed by atoms with Crippen LogP contribution in [0, 0.1) is 5.41 Å². The molecule has 142 valence electrons. The van der Waals surface area contributed by atoms with Gasteiger partial charge in [0.2, 0.25) is 5.91 Å². The molecule has 0 radical (unpaired) electrons. The summed E-state index contributed by atoms with van der Waals surface area (Å²) in [7, 11) is 0. The molecule has 1 aromatic carbocycles. The number of amides is 2. The normalized spacial score (nSPS) is 23.5. The molecule has 26 heavy (non-hydrogen) atoms. The second kappa shape index (κ2) is 7.87. The monoisotopic (exact) mass is 378 g/mol. The molecule has 1 spiro atoms. The lowest BCUT2D eigenvalue weighted by atomic mass is 9.73. The number of phenolic OH excluding ortho intramolecular Hbond substituents is 1. The Kier molecular flexibility index (Phi) is 5.76. The second-order valence-corrected chi connectivity index (χ2v) is 8.07. The molecular weight excluding hydrogens is 352 g/mol. The maximum absolute atomic E-state index is 12.9. The van der Waals surface area contributed by atoms with Crippen LogP contribution >= 0.6 is 11.6 Å². The highest BCUT2D eigenvalue weighted by Crippen LogP contribution is 2.39. The Hall–Kier alpha value is -1.75. The highest BCUT2D eigenvalue weighted by atomic mass is 35.5. The third-order valence-electron chi connectivity index (χ3n) is 5.67. The van der Waals surface area contributed by atoms with Crippen LogP contribution in [0.25, 0.3) is 0 Å². The van der Waals surface area contributed by atoms with E-state index in [0.717, 1.165) is 51.7 Å². The first kappa shape index (κ1) is 19.0. The van der Waals surface area contributed by atoms with Crippen LogP contribution in [0.2, 0.25) is 5.02 Å². The number of rotatable bonds is 4. The Labute approximate surface area is 159 Å². The standard InChI is InChI=1S/C20H27ClN2O3/c1-2-3-10-22-13-20(9-7-18(22)25)8-4-11-23(14-20)19(26)15-5-6-17(24)16(21)12-15/h5-6,12,24H,2-4,7-11,13-14H2,1H3/t20-/m1/s1. The first-order valence-electron chi connectivity index (χ1n) is 9.50. The van der Waals surface area contributed by atoms with Crippen molar-refractivity contribution in [1.29, 1.82) is 0 Å². The third-order valence-corrected chi connectivity index (χ3v) is 5.98. The van der Waals surface area contributed by atoms with E-state index in [-0.39, 0.29) is 28.0 Å². The molecule has 5 nitrogen and oxygen atoms in total. The molecule has 2 aliphatic heterocycles. The van der Waals surface area contributed by atoms with Gasteiger partial charge in [-0.1, -0.05) is 24.9 Å². The molecule has 2 heterocycles. The summed E-state index contributed by atoms with van der Waals surface area (Å²) in [6, 6.07) is 4.60. The lowest BCUT2D eigenvalue weighted by Gasteiger charge is -2.48. The first-order chi connectivity index (χ1) is 12.4. The number of aromatic hydroxyl groups is 1. The molecule has 1 N–H and O–H groups in total. The Morgan fingerprint density at radius 2 is 2.12 bits per heavy atom. The molecule has 0 aliphatic carbocycles. The van der Waals surface area contributed by atoms with Crippen LogP contribution in [0.1, 0.15) is 55.8 Å². The van der Waals surface area contributed by atoms with Gasteiger partial charge in [0.25, 0.3) is 5.91 Å². The Balaban J connectivity index is 1.72. The number of hydrogen-bond donors (Lipinski definition) is 1. The molecule has 2 fully saturated rings. The van der Waals surface area contributed by atoms with Gasteiger partial charge in [-0.3, -0.25) is 9.59 Å². The molecule has 1 atom stereocenters. The second-order valence-electron chi connectivity index (χ2n) is 7.67. The Morgan fingerprint density at radius 1 is 1.31 bits per heavy atom. The zero-order chi connectivity index (χ0) is 18.7. The summed E-state index contributed by atoms with van der Waals surface area (Å²) in [6.07, 6.45) is 5.54. The number of nitrogens with zero attached hydrogens (tertiary/aromatic N) is 2. The van der Waals surface area contributed by atoms with Crippen LogP contribution in [0.5, 0.6) is 5.75 Å².